The first-order valence-electron chi connectivity index (χ1n) is 4.84. The number of halogens is 1. The standard InChI is InChI=1S/C12H11FN2O/c1-8-14-11(7-12(13)15-8)9-3-5-10(16-2)6-4-9/h3-7H,1-2H3. The Labute approximate surface area is 92.9 Å². The van der Waals surface area contributed by atoms with E-state index in [2.05, 4.69) is 9.97 Å². The lowest BCUT2D eigenvalue weighted by Gasteiger charge is -2.03. The number of benzene rings is 1. The van der Waals surface area contributed by atoms with Gasteiger partial charge >= 0.3 is 0 Å². The maximum absolute atomic E-state index is 13.1. The molecule has 0 saturated carbocycles. The average molecular weight is 218 g/mol. The molecule has 4 heteroatoms. The summed E-state index contributed by atoms with van der Waals surface area (Å²) in [6, 6.07) is 8.60. The quantitative estimate of drug-likeness (QED) is 0.727. The summed E-state index contributed by atoms with van der Waals surface area (Å²) in [5, 5.41) is 0. The molecule has 0 fully saturated rings. The Morgan fingerprint density at radius 1 is 1.12 bits per heavy atom. The number of rotatable bonds is 2. The highest BCUT2D eigenvalue weighted by atomic mass is 19.1. The molecule has 0 aliphatic heterocycles. The van der Waals surface area contributed by atoms with E-state index < -0.39 is 5.95 Å². The molecule has 2 aromatic rings. The second kappa shape index (κ2) is 4.26. The fourth-order valence-electron chi connectivity index (χ4n) is 1.44. The number of hydrogen-bond donors (Lipinski definition) is 0. The molecule has 0 aliphatic rings. The maximum Gasteiger partial charge on any atom is 0.216 e. The molecule has 1 aromatic carbocycles. The van der Waals surface area contributed by atoms with Crippen molar-refractivity contribution in [2.24, 2.45) is 0 Å². The zero-order valence-electron chi connectivity index (χ0n) is 9.07. The second-order valence-electron chi connectivity index (χ2n) is 3.35. The van der Waals surface area contributed by atoms with Crippen molar-refractivity contribution in [3.8, 4) is 17.0 Å². The van der Waals surface area contributed by atoms with Crippen LogP contribution in [0.4, 0.5) is 4.39 Å². The Balaban J connectivity index is 2.42. The average Bonchev–Trinajstić information content (AvgIpc) is 2.28. The van der Waals surface area contributed by atoms with E-state index in [1.807, 2.05) is 24.3 Å². The van der Waals surface area contributed by atoms with Crippen LogP contribution in [-0.4, -0.2) is 17.1 Å². The summed E-state index contributed by atoms with van der Waals surface area (Å²) in [4.78, 5) is 7.76. The summed E-state index contributed by atoms with van der Waals surface area (Å²) in [5.74, 6) is 0.666. The van der Waals surface area contributed by atoms with Crippen molar-refractivity contribution in [1.29, 1.82) is 0 Å². The molecule has 0 bridgehead atoms. The summed E-state index contributed by atoms with van der Waals surface area (Å²) in [6.45, 7) is 1.66. The summed E-state index contributed by atoms with van der Waals surface area (Å²) >= 11 is 0. The summed E-state index contributed by atoms with van der Waals surface area (Å²) < 4.78 is 18.1. The van der Waals surface area contributed by atoms with E-state index in [1.54, 1.807) is 14.0 Å². The van der Waals surface area contributed by atoms with Gasteiger partial charge in [-0.25, -0.2) is 9.97 Å². The minimum absolute atomic E-state index is 0.422. The van der Waals surface area contributed by atoms with Crippen molar-refractivity contribution in [3.63, 3.8) is 0 Å². The van der Waals surface area contributed by atoms with E-state index in [0.717, 1.165) is 11.3 Å². The fourth-order valence-corrected chi connectivity index (χ4v) is 1.44. The lowest BCUT2D eigenvalue weighted by atomic mass is 10.1. The lowest BCUT2D eigenvalue weighted by Crippen LogP contribution is -1.94. The Hall–Kier alpha value is -1.97. The molecule has 2 rings (SSSR count). The molecule has 0 unspecified atom stereocenters. The first-order chi connectivity index (χ1) is 7.69. The van der Waals surface area contributed by atoms with Gasteiger partial charge in [0.15, 0.2) is 0 Å². The third kappa shape index (κ3) is 2.16. The first kappa shape index (κ1) is 10.5. The van der Waals surface area contributed by atoms with Gasteiger partial charge in [0, 0.05) is 11.6 Å². The Kier molecular flexibility index (Phi) is 2.81. The normalized spacial score (nSPS) is 10.2. The van der Waals surface area contributed by atoms with E-state index in [4.69, 9.17) is 4.74 Å². The van der Waals surface area contributed by atoms with E-state index in [0.29, 0.717) is 11.5 Å². The van der Waals surface area contributed by atoms with Crippen LogP contribution in [0.25, 0.3) is 11.3 Å². The van der Waals surface area contributed by atoms with Crippen LogP contribution in [0.2, 0.25) is 0 Å². The zero-order valence-corrected chi connectivity index (χ0v) is 9.07. The van der Waals surface area contributed by atoms with Crippen molar-refractivity contribution < 1.29 is 9.13 Å². The Morgan fingerprint density at radius 3 is 2.38 bits per heavy atom. The lowest BCUT2D eigenvalue weighted by molar-refractivity contribution is 0.415. The monoisotopic (exact) mass is 218 g/mol. The fraction of sp³-hybridized carbons (Fsp3) is 0.167. The molecule has 3 nitrogen and oxygen atoms in total. The molecule has 0 atom stereocenters. The minimum Gasteiger partial charge on any atom is -0.497 e. The van der Waals surface area contributed by atoms with Crippen LogP contribution in [0.3, 0.4) is 0 Å². The SMILES string of the molecule is COc1ccc(-c2cc(F)nc(C)n2)cc1. The van der Waals surface area contributed by atoms with Gasteiger partial charge in [0.25, 0.3) is 0 Å². The van der Waals surface area contributed by atoms with Gasteiger partial charge in [-0.15, -0.1) is 0 Å². The van der Waals surface area contributed by atoms with Gasteiger partial charge < -0.3 is 4.74 Å². The smallest absolute Gasteiger partial charge is 0.216 e. The van der Waals surface area contributed by atoms with E-state index in [1.165, 1.54) is 6.07 Å². The van der Waals surface area contributed by atoms with Crippen LogP contribution >= 0.6 is 0 Å². The van der Waals surface area contributed by atoms with Crippen LogP contribution in [0.5, 0.6) is 5.75 Å². The molecule has 0 N–H and O–H groups in total. The number of aryl methyl sites for hydroxylation is 1. The minimum atomic E-state index is -0.515. The number of aromatic nitrogens is 2. The zero-order chi connectivity index (χ0) is 11.5. The molecule has 1 heterocycles. The second-order valence-corrected chi connectivity index (χ2v) is 3.35. The van der Waals surface area contributed by atoms with Crippen LogP contribution in [0.1, 0.15) is 5.82 Å². The van der Waals surface area contributed by atoms with E-state index in [-0.39, 0.29) is 0 Å². The van der Waals surface area contributed by atoms with E-state index in [9.17, 15) is 4.39 Å². The number of nitrogens with zero attached hydrogens (tertiary/aromatic N) is 2. The van der Waals surface area contributed by atoms with Gasteiger partial charge in [-0.1, -0.05) is 0 Å². The third-order valence-electron chi connectivity index (χ3n) is 2.19. The topological polar surface area (TPSA) is 35.0 Å². The van der Waals surface area contributed by atoms with Crippen molar-refractivity contribution in [2.75, 3.05) is 7.11 Å². The molecular weight excluding hydrogens is 207 g/mol. The number of ether oxygens (including phenoxy) is 1. The number of methoxy groups -OCH3 is 1. The van der Waals surface area contributed by atoms with Gasteiger partial charge in [-0.3, -0.25) is 0 Å². The predicted octanol–water partition coefficient (Wildman–Crippen LogP) is 2.60. The highest BCUT2D eigenvalue weighted by Gasteiger charge is 2.04. The van der Waals surface area contributed by atoms with Gasteiger partial charge in [0.05, 0.1) is 12.8 Å². The Bertz CT molecular complexity index is 477. The largest absolute Gasteiger partial charge is 0.497 e. The first-order valence-corrected chi connectivity index (χ1v) is 4.84. The Morgan fingerprint density at radius 2 is 1.81 bits per heavy atom. The molecule has 16 heavy (non-hydrogen) atoms. The van der Waals surface area contributed by atoms with Gasteiger partial charge in [-0.2, -0.15) is 4.39 Å². The maximum atomic E-state index is 13.1. The molecule has 0 spiro atoms. The molecule has 0 amide bonds. The molecule has 0 saturated heterocycles. The predicted molar refractivity (Wildman–Crippen MR) is 58.7 cm³/mol. The van der Waals surface area contributed by atoms with Crippen LogP contribution < -0.4 is 4.74 Å². The molecule has 82 valence electrons. The molecule has 0 radical (unpaired) electrons. The van der Waals surface area contributed by atoms with Crippen molar-refractivity contribution >= 4 is 0 Å². The van der Waals surface area contributed by atoms with Crippen molar-refractivity contribution in [2.45, 2.75) is 6.92 Å². The molecule has 0 aliphatic carbocycles. The summed E-state index contributed by atoms with van der Waals surface area (Å²) in [5.41, 5.74) is 1.41. The molecular formula is C12H11FN2O. The van der Waals surface area contributed by atoms with Gasteiger partial charge in [0.1, 0.15) is 11.6 Å². The molecule has 1 aromatic heterocycles. The van der Waals surface area contributed by atoms with Gasteiger partial charge in [-0.05, 0) is 31.2 Å². The third-order valence-corrected chi connectivity index (χ3v) is 2.19. The summed E-state index contributed by atoms with van der Waals surface area (Å²) in [7, 11) is 1.60. The van der Waals surface area contributed by atoms with Crippen LogP contribution in [0.15, 0.2) is 30.3 Å². The van der Waals surface area contributed by atoms with Crippen molar-refractivity contribution in [1.82, 2.24) is 9.97 Å². The summed E-state index contributed by atoms with van der Waals surface area (Å²) in [6.07, 6.45) is 0. The number of hydrogen-bond acceptors (Lipinski definition) is 3. The van der Waals surface area contributed by atoms with Crippen molar-refractivity contribution in [3.05, 3.63) is 42.1 Å². The van der Waals surface area contributed by atoms with Gasteiger partial charge in [0.2, 0.25) is 5.95 Å². The van der Waals surface area contributed by atoms with E-state index >= 15 is 0 Å². The van der Waals surface area contributed by atoms with Crippen LogP contribution in [-0.2, 0) is 0 Å². The van der Waals surface area contributed by atoms with Crippen LogP contribution in [0, 0.1) is 12.9 Å². The highest BCUT2D eigenvalue weighted by Crippen LogP contribution is 2.20. The highest BCUT2D eigenvalue weighted by molar-refractivity contribution is 5.59.